The molecule has 4 heteroatoms. The second-order valence-electron chi connectivity index (χ2n) is 7.80. The lowest BCUT2D eigenvalue weighted by molar-refractivity contribution is 1.64. The van der Waals surface area contributed by atoms with Crippen molar-refractivity contribution in [1.29, 1.82) is 0 Å². The van der Waals surface area contributed by atoms with Gasteiger partial charge in [0, 0.05) is 9.75 Å². The summed E-state index contributed by atoms with van der Waals surface area (Å²) in [4.78, 5) is 2.83. The molecule has 0 bridgehead atoms. The van der Waals surface area contributed by atoms with Crippen molar-refractivity contribution in [3.8, 4) is 0 Å². The van der Waals surface area contributed by atoms with Gasteiger partial charge in [0.05, 0.1) is 0 Å². The van der Waals surface area contributed by atoms with Gasteiger partial charge in [-0.15, -0.1) is 0 Å². The summed E-state index contributed by atoms with van der Waals surface area (Å²) in [6.45, 7) is 9.74. The first-order valence-corrected chi connectivity index (χ1v) is 17.3. The zero-order valence-corrected chi connectivity index (χ0v) is 20.5. The molecule has 142 valence electrons. The second kappa shape index (κ2) is 7.60. The summed E-state index contributed by atoms with van der Waals surface area (Å²) < 4.78 is 3.22. The smallest absolute Gasteiger partial charge is 0.131 e. The molecule has 0 saturated heterocycles. The van der Waals surface area contributed by atoms with E-state index in [4.69, 9.17) is 0 Å². The quantitative estimate of drug-likeness (QED) is 0.403. The largest absolute Gasteiger partial charge is 0.150 e. The topological polar surface area (TPSA) is 0 Å². The minimum atomic E-state index is -2.03. The monoisotopic (exact) mass is 434 g/mol. The maximum Gasteiger partial charge on any atom is 0.131 e. The van der Waals surface area contributed by atoms with Crippen LogP contribution in [0.25, 0.3) is 0 Å². The Morgan fingerprint density at radius 3 is 1.14 bits per heavy atom. The maximum atomic E-state index is 2.63. The predicted molar refractivity (Wildman–Crippen MR) is 133 cm³/mol. The van der Waals surface area contributed by atoms with E-state index in [-0.39, 0.29) is 0 Å². The van der Waals surface area contributed by atoms with Crippen LogP contribution in [0.1, 0.15) is 9.75 Å². The highest BCUT2D eigenvalue weighted by Gasteiger charge is 2.54. The molecule has 0 N–H and O–H groups in total. The minimum absolute atomic E-state index is 1.41. The molecular weight excluding hydrogens is 409 g/mol. The van der Waals surface area contributed by atoms with Crippen LogP contribution in [0.15, 0.2) is 84.9 Å². The number of aryl methyl sites for hydroxylation is 2. The average molecular weight is 435 g/mol. The van der Waals surface area contributed by atoms with Crippen LogP contribution in [0, 0.1) is 13.8 Å². The zero-order chi connectivity index (χ0) is 19.8. The maximum absolute atomic E-state index is 2.63. The normalized spacial score (nSPS) is 15.7. The van der Waals surface area contributed by atoms with Crippen LogP contribution in [0.2, 0.25) is 13.1 Å². The predicted octanol–water partition coefficient (Wildman–Crippen LogP) is 4.59. The van der Waals surface area contributed by atoms with Gasteiger partial charge in [0.15, 0.2) is 0 Å². The third-order valence-electron chi connectivity index (χ3n) is 6.17. The molecular formula is C24H26S2Si2. The molecule has 2 aromatic carbocycles. The Balaban J connectivity index is 2.08. The highest BCUT2D eigenvalue weighted by atomic mass is 32.1. The standard InChI is InChI=1S/C24H26S2Si2/c1-19-15-17-23(25-19)27(3,21-11-7-5-8-12-21)28(4,22-13-9-6-10-14-22)24-18-16-20(2)26-24/h5-18H,1-4H3. The first-order chi connectivity index (χ1) is 13.5. The fraction of sp³-hybridized carbons (Fsp3) is 0.167. The van der Waals surface area contributed by atoms with Crippen LogP contribution in [0.4, 0.5) is 0 Å². The van der Waals surface area contributed by atoms with E-state index in [1.165, 1.54) is 9.75 Å². The van der Waals surface area contributed by atoms with Gasteiger partial charge in [-0.25, -0.2) is 0 Å². The molecule has 2 unspecified atom stereocenters. The van der Waals surface area contributed by atoms with Gasteiger partial charge in [0.2, 0.25) is 0 Å². The Hall–Kier alpha value is -1.73. The van der Waals surface area contributed by atoms with Gasteiger partial charge in [0.25, 0.3) is 0 Å². The van der Waals surface area contributed by atoms with Gasteiger partial charge in [-0.05, 0) is 35.0 Å². The molecule has 0 spiro atoms. The molecule has 0 nitrogen and oxygen atoms in total. The van der Waals surface area contributed by atoms with E-state index in [1.807, 2.05) is 22.7 Å². The van der Waals surface area contributed by atoms with Gasteiger partial charge >= 0.3 is 0 Å². The number of hydrogen-bond donors (Lipinski definition) is 0. The van der Waals surface area contributed by atoms with Crippen molar-refractivity contribution in [2.75, 3.05) is 0 Å². The van der Waals surface area contributed by atoms with Crippen molar-refractivity contribution in [3.63, 3.8) is 0 Å². The van der Waals surface area contributed by atoms with Crippen molar-refractivity contribution in [2.24, 2.45) is 0 Å². The second-order valence-corrected chi connectivity index (χ2v) is 23.8. The lowest BCUT2D eigenvalue weighted by atomic mass is 10.4. The highest BCUT2D eigenvalue weighted by molar-refractivity contribution is 7.65. The molecule has 0 aliphatic rings. The van der Waals surface area contributed by atoms with E-state index in [2.05, 4.69) is 112 Å². The number of rotatable bonds is 5. The van der Waals surface area contributed by atoms with Crippen LogP contribution in [-0.4, -0.2) is 15.2 Å². The third-order valence-corrected chi connectivity index (χ3v) is 28.6. The van der Waals surface area contributed by atoms with E-state index in [0.717, 1.165) is 0 Å². The summed E-state index contributed by atoms with van der Waals surface area (Å²) >= 11 is 4.03. The van der Waals surface area contributed by atoms with E-state index >= 15 is 0 Å². The molecule has 0 aliphatic carbocycles. The van der Waals surface area contributed by atoms with Gasteiger partial charge < -0.3 is 0 Å². The minimum Gasteiger partial charge on any atom is -0.150 e. The van der Waals surface area contributed by atoms with Crippen LogP contribution < -0.4 is 19.4 Å². The van der Waals surface area contributed by atoms with Crippen molar-refractivity contribution in [3.05, 3.63) is 94.7 Å². The Morgan fingerprint density at radius 1 is 0.500 bits per heavy atom. The summed E-state index contributed by atoms with van der Waals surface area (Å²) in [5, 5.41) is 3.11. The fourth-order valence-corrected chi connectivity index (χ4v) is 26.6. The lowest BCUT2D eigenvalue weighted by Crippen LogP contribution is -2.82. The molecule has 0 aliphatic heterocycles. The van der Waals surface area contributed by atoms with Crippen LogP contribution in [-0.2, 0) is 0 Å². The summed E-state index contributed by atoms with van der Waals surface area (Å²) in [5.74, 6) is 0. The molecule has 2 atom stereocenters. The Kier molecular flexibility index (Phi) is 5.31. The van der Waals surface area contributed by atoms with Crippen molar-refractivity contribution >= 4 is 57.2 Å². The molecule has 0 radical (unpaired) electrons. The molecule has 2 heterocycles. The number of benzene rings is 2. The molecule has 4 rings (SSSR count). The van der Waals surface area contributed by atoms with Crippen molar-refractivity contribution in [2.45, 2.75) is 26.9 Å². The number of thiophene rings is 2. The zero-order valence-electron chi connectivity index (χ0n) is 16.9. The Bertz CT molecular complexity index is 980. The van der Waals surface area contributed by atoms with Crippen molar-refractivity contribution < 1.29 is 0 Å². The van der Waals surface area contributed by atoms with Gasteiger partial charge in [0.1, 0.15) is 15.2 Å². The molecule has 4 aromatic rings. The first kappa shape index (κ1) is 19.6. The molecule has 0 saturated carbocycles. The third kappa shape index (κ3) is 3.09. The van der Waals surface area contributed by atoms with Crippen LogP contribution in [0.5, 0.6) is 0 Å². The summed E-state index contributed by atoms with van der Waals surface area (Å²) in [6, 6.07) is 32.2. The van der Waals surface area contributed by atoms with E-state index in [0.29, 0.717) is 0 Å². The first-order valence-electron chi connectivity index (χ1n) is 9.71. The number of hydrogen-bond acceptors (Lipinski definition) is 2. The summed E-state index contributed by atoms with van der Waals surface area (Å²) in [5.41, 5.74) is 0. The fourth-order valence-electron chi connectivity index (χ4n) is 4.30. The van der Waals surface area contributed by atoms with E-state index in [9.17, 15) is 0 Å². The summed E-state index contributed by atoms with van der Waals surface area (Å²) in [6.07, 6.45) is 0. The highest BCUT2D eigenvalue weighted by Crippen LogP contribution is 2.26. The van der Waals surface area contributed by atoms with E-state index in [1.54, 1.807) is 19.4 Å². The van der Waals surface area contributed by atoms with E-state index < -0.39 is 15.2 Å². The molecule has 0 fully saturated rings. The molecule has 2 aromatic heterocycles. The molecule has 28 heavy (non-hydrogen) atoms. The molecule has 0 amide bonds. The van der Waals surface area contributed by atoms with Crippen molar-refractivity contribution in [1.82, 2.24) is 0 Å². The Labute approximate surface area is 178 Å². The lowest BCUT2D eigenvalue weighted by Gasteiger charge is -2.43. The SMILES string of the molecule is Cc1ccc([Si](C)(c2ccccc2)[Si](C)(c2ccccc2)c2ccc(C)s2)s1. The van der Waals surface area contributed by atoms with Gasteiger partial charge in [-0.1, -0.05) is 96.3 Å². The Morgan fingerprint density at radius 2 is 0.857 bits per heavy atom. The van der Waals surface area contributed by atoms with Gasteiger partial charge in [-0.3, -0.25) is 0 Å². The van der Waals surface area contributed by atoms with Crippen LogP contribution >= 0.6 is 22.7 Å². The van der Waals surface area contributed by atoms with Gasteiger partial charge in [-0.2, -0.15) is 22.7 Å². The van der Waals surface area contributed by atoms with Crippen LogP contribution in [0.3, 0.4) is 0 Å². The average Bonchev–Trinajstić information content (AvgIpc) is 3.37. The summed E-state index contributed by atoms with van der Waals surface area (Å²) in [7, 11) is -4.07.